The number of aromatic hydroxyl groups is 1. The van der Waals surface area contributed by atoms with Crippen LogP contribution in [0.3, 0.4) is 0 Å². The first-order valence-corrected chi connectivity index (χ1v) is 9.44. The first-order chi connectivity index (χ1) is 13.2. The number of hydrogen-bond acceptors (Lipinski definition) is 5. The lowest BCUT2D eigenvalue weighted by Crippen LogP contribution is -2.47. The monoisotopic (exact) mass is 392 g/mol. The number of aryl methyl sites for hydroxylation is 1. The van der Waals surface area contributed by atoms with Crippen molar-refractivity contribution in [1.29, 1.82) is 0 Å². The number of hydrogen-bond donors (Lipinski definition) is 1. The molecule has 0 spiro atoms. The highest BCUT2D eigenvalue weighted by atomic mass is 19.4. The Labute approximate surface area is 161 Å². The van der Waals surface area contributed by atoms with Crippen LogP contribution in [0.5, 0.6) is 5.75 Å². The van der Waals surface area contributed by atoms with Crippen molar-refractivity contribution in [3.63, 3.8) is 0 Å². The van der Waals surface area contributed by atoms with Crippen LogP contribution >= 0.6 is 0 Å². The maximum atomic E-state index is 12.8. The number of likely N-dealkylation sites (N-methyl/N-ethyl adjacent to an activating group) is 1. The standard InChI is InChI=1S/C20H23F3N4O/c1-12-9-18(27-8-6-13-5-7-26(2)11-16(13)27)24-25-19(12)15-4-3-14(10-17(15)28)20(21,22)23/h3-4,9-10,13,16,28H,5-8,11H2,1-2H3/t13-,16-/m1/s1. The van der Waals surface area contributed by atoms with E-state index in [0.29, 0.717) is 17.7 Å². The molecule has 8 heteroatoms. The highest BCUT2D eigenvalue weighted by Gasteiger charge is 2.38. The maximum Gasteiger partial charge on any atom is 0.416 e. The largest absolute Gasteiger partial charge is 0.507 e. The predicted octanol–water partition coefficient (Wildman–Crippen LogP) is 3.71. The Morgan fingerprint density at radius 2 is 1.86 bits per heavy atom. The molecule has 0 radical (unpaired) electrons. The number of halogens is 3. The molecule has 2 atom stereocenters. The fourth-order valence-electron chi connectivity index (χ4n) is 4.37. The number of phenolic OH excluding ortho intramolecular Hbond substituents is 1. The molecule has 0 bridgehead atoms. The molecule has 28 heavy (non-hydrogen) atoms. The zero-order chi connectivity index (χ0) is 20.1. The fraction of sp³-hybridized carbons (Fsp3) is 0.500. The fourth-order valence-corrected chi connectivity index (χ4v) is 4.37. The van der Waals surface area contributed by atoms with Crippen molar-refractivity contribution in [1.82, 2.24) is 15.1 Å². The van der Waals surface area contributed by atoms with Crippen molar-refractivity contribution in [2.24, 2.45) is 5.92 Å². The summed E-state index contributed by atoms with van der Waals surface area (Å²) in [6, 6.07) is 5.26. The van der Waals surface area contributed by atoms with Gasteiger partial charge in [0, 0.05) is 24.7 Å². The second kappa shape index (κ2) is 6.92. The van der Waals surface area contributed by atoms with Gasteiger partial charge in [0.1, 0.15) is 5.75 Å². The third-order valence-corrected chi connectivity index (χ3v) is 5.91. The molecular weight excluding hydrogens is 369 g/mol. The van der Waals surface area contributed by atoms with E-state index < -0.39 is 17.5 Å². The number of fused-ring (bicyclic) bond motifs is 1. The number of benzene rings is 1. The van der Waals surface area contributed by atoms with Crippen LogP contribution in [0.15, 0.2) is 24.3 Å². The summed E-state index contributed by atoms with van der Waals surface area (Å²) in [4.78, 5) is 4.62. The lowest BCUT2D eigenvalue weighted by atomic mass is 9.92. The van der Waals surface area contributed by atoms with Crippen molar-refractivity contribution in [3.05, 3.63) is 35.4 Å². The van der Waals surface area contributed by atoms with Crippen LogP contribution in [0.25, 0.3) is 11.3 Å². The van der Waals surface area contributed by atoms with Crippen LogP contribution in [-0.4, -0.2) is 52.9 Å². The number of piperidine rings is 1. The van der Waals surface area contributed by atoms with Crippen LogP contribution < -0.4 is 4.90 Å². The van der Waals surface area contributed by atoms with E-state index in [4.69, 9.17) is 0 Å². The van der Waals surface area contributed by atoms with Crippen LogP contribution in [0.2, 0.25) is 0 Å². The second-order valence-corrected chi connectivity index (χ2v) is 7.82. The summed E-state index contributed by atoms with van der Waals surface area (Å²) in [5, 5.41) is 18.7. The minimum atomic E-state index is -4.50. The number of phenols is 1. The predicted molar refractivity (Wildman–Crippen MR) is 100 cm³/mol. The van der Waals surface area contributed by atoms with Gasteiger partial charge in [-0.2, -0.15) is 13.2 Å². The molecule has 0 aliphatic carbocycles. The van der Waals surface area contributed by atoms with E-state index in [1.165, 1.54) is 12.5 Å². The van der Waals surface area contributed by atoms with Crippen molar-refractivity contribution in [2.45, 2.75) is 32.0 Å². The zero-order valence-corrected chi connectivity index (χ0v) is 15.9. The molecule has 0 amide bonds. The molecule has 4 rings (SSSR count). The van der Waals surface area contributed by atoms with Gasteiger partial charge >= 0.3 is 6.18 Å². The first kappa shape index (κ1) is 19.0. The Kier molecular flexibility index (Phi) is 4.69. The normalized spacial score (nSPS) is 23.1. The van der Waals surface area contributed by atoms with E-state index in [2.05, 4.69) is 27.0 Å². The van der Waals surface area contributed by atoms with Gasteiger partial charge in [-0.3, -0.25) is 0 Å². The molecule has 5 nitrogen and oxygen atoms in total. The lowest BCUT2D eigenvalue weighted by Gasteiger charge is -2.37. The molecule has 150 valence electrons. The number of aromatic nitrogens is 2. The lowest BCUT2D eigenvalue weighted by molar-refractivity contribution is -0.137. The average Bonchev–Trinajstić information content (AvgIpc) is 3.04. The summed E-state index contributed by atoms with van der Waals surface area (Å²) in [6.45, 7) is 4.88. The maximum absolute atomic E-state index is 12.8. The van der Waals surface area contributed by atoms with Crippen molar-refractivity contribution < 1.29 is 18.3 Å². The number of rotatable bonds is 2. The number of nitrogens with zero attached hydrogens (tertiary/aromatic N) is 4. The van der Waals surface area contributed by atoms with Crippen LogP contribution in [-0.2, 0) is 6.18 Å². The zero-order valence-electron chi connectivity index (χ0n) is 15.9. The van der Waals surface area contributed by atoms with Crippen molar-refractivity contribution >= 4 is 5.82 Å². The summed E-state index contributed by atoms with van der Waals surface area (Å²) < 4.78 is 38.5. The summed E-state index contributed by atoms with van der Waals surface area (Å²) in [6.07, 6.45) is -2.18. The molecule has 1 aromatic carbocycles. The van der Waals surface area contributed by atoms with E-state index in [0.717, 1.165) is 49.6 Å². The molecular formula is C20H23F3N4O. The van der Waals surface area contributed by atoms with Crippen LogP contribution in [0, 0.1) is 12.8 Å². The molecule has 3 heterocycles. The van der Waals surface area contributed by atoms with Gasteiger partial charge < -0.3 is 14.9 Å². The molecule has 2 saturated heterocycles. The summed E-state index contributed by atoms with van der Waals surface area (Å²) in [5.74, 6) is 1.00. The summed E-state index contributed by atoms with van der Waals surface area (Å²) >= 11 is 0. The molecule has 0 unspecified atom stereocenters. The Balaban J connectivity index is 1.62. The van der Waals surface area contributed by atoms with Gasteiger partial charge in [-0.1, -0.05) is 0 Å². The van der Waals surface area contributed by atoms with Crippen molar-refractivity contribution in [3.8, 4) is 17.0 Å². The van der Waals surface area contributed by atoms with E-state index in [1.807, 2.05) is 13.0 Å². The van der Waals surface area contributed by atoms with Crippen LogP contribution in [0.1, 0.15) is 24.0 Å². The Morgan fingerprint density at radius 1 is 1.11 bits per heavy atom. The molecule has 2 aliphatic heterocycles. The van der Waals surface area contributed by atoms with Crippen molar-refractivity contribution in [2.75, 3.05) is 31.6 Å². The quantitative estimate of drug-likeness (QED) is 0.845. The topological polar surface area (TPSA) is 52.5 Å². The first-order valence-electron chi connectivity index (χ1n) is 9.44. The number of alkyl halides is 3. The third kappa shape index (κ3) is 3.41. The molecule has 2 fully saturated rings. The Morgan fingerprint density at radius 3 is 2.54 bits per heavy atom. The minimum absolute atomic E-state index is 0.251. The van der Waals surface area contributed by atoms with Crippen LogP contribution in [0.4, 0.5) is 19.0 Å². The van der Waals surface area contributed by atoms with Gasteiger partial charge in [-0.05, 0) is 69.1 Å². The Hall–Kier alpha value is -2.35. The highest BCUT2D eigenvalue weighted by Crippen LogP contribution is 2.38. The van der Waals surface area contributed by atoms with E-state index in [9.17, 15) is 18.3 Å². The molecule has 1 N–H and O–H groups in total. The SMILES string of the molecule is Cc1cc(N2CC[C@H]3CCN(C)C[C@H]32)nnc1-c1ccc(C(F)(F)F)cc1O. The van der Waals surface area contributed by atoms with E-state index >= 15 is 0 Å². The van der Waals surface area contributed by atoms with E-state index in [-0.39, 0.29) is 5.56 Å². The molecule has 1 aromatic heterocycles. The molecule has 2 aliphatic rings. The minimum Gasteiger partial charge on any atom is -0.507 e. The van der Waals surface area contributed by atoms with Gasteiger partial charge in [0.15, 0.2) is 5.82 Å². The highest BCUT2D eigenvalue weighted by molar-refractivity contribution is 5.70. The molecule has 0 saturated carbocycles. The summed E-state index contributed by atoms with van der Waals surface area (Å²) in [7, 11) is 2.13. The Bertz CT molecular complexity index is 886. The van der Waals surface area contributed by atoms with Gasteiger partial charge in [0.2, 0.25) is 0 Å². The van der Waals surface area contributed by atoms with Gasteiger partial charge in [0.05, 0.1) is 11.3 Å². The van der Waals surface area contributed by atoms with Gasteiger partial charge in [-0.25, -0.2) is 0 Å². The third-order valence-electron chi connectivity index (χ3n) is 5.91. The smallest absolute Gasteiger partial charge is 0.416 e. The number of likely N-dealkylation sites (tertiary alicyclic amines) is 1. The average molecular weight is 392 g/mol. The van der Waals surface area contributed by atoms with Gasteiger partial charge in [0.25, 0.3) is 0 Å². The number of anilines is 1. The second-order valence-electron chi connectivity index (χ2n) is 7.82. The summed E-state index contributed by atoms with van der Waals surface area (Å²) in [5.41, 5.74) is 0.529. The molecule has 2 aromatic rings. The van der Waals surface area contributed by atoms with Gasteiger partial charge in [-0.15, -0.1) is 10.2 Å². The van der Waals surface area contributed by atoms with E-state index in [1.54, 1.807) is 0 Å².